The molecule has 0 bridgehead atoms. The molecular formula is C13H21N3O. The predicted octanol–water partition coefficient (Wildman–Crippen LogP) is 1.94. The van der Waals surface area contributed by atoms with Gasteiger partial charge in [-0.05, 0) is 31.7 Å². The largest absolute Gasteiger partial charge is 0.381 e. The second-order valence-electron chi connectivity index (χ2n) is 4.60. The third-order valence-electron chi connectivity index (χ3n) is 3.17. The molecule has 0 amide bonds. The van der Waals surface area contributed by atoms with Gasteiger partial charge < -0.3 is 10.1 Å². The lowest BCUT2D eigenvalue weighted by Gasteiger charge is -2.20. The average molecular weight is 235 g/mol. The minimum atomic E-state index is 0.315. The quantitative estimate of drug-likeness (QED) is 0.818. The van der Waals surface area contributed by atoms with Crippen molar-refractivity contribution in [3.63, 3.8) is 0 Å². The van der Waals surface area contributed by atoms with Crippen LogP contribution in [-0.2, 0) is 4.74 Å². The van der Waals surface area contributed by atoms with E-state index in [1.807, 2.05) is 6.20 Å². The summed E-state index contributed by atoms with van der Waals surface area (Å²) in [6.07, 6.45) is 8.75. The predicted molar refractivity (Wildman–Crippen MR) is 66.6 cm³/mol. The van der Waals surface area contributed by atoms with Gasteiger partial charge in [-0.25, -0.2) is 0 Å². The van der Waals surface area contributed by atoms with Gasteiger partial charge >= 0.3 is 0 Å². The molecule has 0 saturated carbocycles. The maximum atomic E-state index is 5.43. The molecule has 2 atom stereocenters. The molecule has 1 aromatic rings. The summed E-state index contributed by atoms with van der Waals surface area (Å²) < 4.78 is 5.43. The zero-order chi connectivity index (χ0) is 11.9. The zero-order valence-corrected chi connectivity index (χ0v) is 10.4. The molecule has 17 heavy (non-hydrogen) atoms. The second kappa shape index (κ2) is 6.67. The Morgan fingerprint density at radius 3 is 3.12 bits per heavy atom. The van der Waals surface area contributed by atoms with Gasteiger partial charge in [-0.15, -0.1) is 0 Å². The Balaban J connectivity index is 1.97. The fourth-order valence-electron chi connectivity index (χ4n) is 2.22. The van der Waals surface area contributed by atoms with E-state index in [1.165, 1.54) is 6.42 Å². The van der Waals surface area contributed by atoms with E-state index in [0.717, 1.165) is 38.3 Å². The normalized spacial score (nSPS) is 21.6. The average Bonchev–Trinajstić information content (AvgIpc) is 2.88. The van der Waals surface area contributed by atoms with Crippen LogP contribution in [0.2, 0.25) is 0 Å². The Hall–Kier alpha value is -1.00. The summed E-state index contributed by atoms with van der Waals surface area (Å²) in [5.41, 5.74) is 1.05. The van der Waals surface area contributed by atoms with Crippen LogP contribution in [0.25, 0.3) is 0 Å². The van der Waals surface area contributed by atoms with Gasteiger partial charge in [0.2, 0.25) is 0 Å². The third-order valence-corrected chi connectivity index (χ3v) is 3.17. The fourth-order valence-corrected chi connectivity index (χ4v) is 2.22. The van der Waals surface area contributed by atoms with Crippen LogP contribution in [0.3, 0.4) is 0 Å². The molecule has 0 aromatic carbocycles. The van der Waals surface area contributed by atoms with E-state index >= 15 is 0 Å². The lowest BCUT2D eigenvalue weighted by molar-refractivity contribution is 0.181. The Morgan fingerprint density at radius 1 is 1.53 bits per heavy atom. The van der Waals surface area contributed by atoms with Gasteiger partial charge in [-0.3, -0.25) is 9.97 Å². The van der Waals surface area contributed by atoms with E-state index in [2.05, 4.69) is 22.2 Å². The van der Waals surface area contributed by atoms with E-state index in [4.69, 9.17) is 4.74 Å². The van der Waals surface area contributed by atoms with Crippen molar-refractivity contribution < 1.29 is 4.74 Å². The van der Waals surface area contributed by atoms with Crippen molar-refractivity contribution in [2.24, 2.45) is 5.92 Å². The summed E-state index contributed by atoms with van der Waals surface area (Å²) in [7, 11) is 0. The van der Waals surface area contributed by atoms with Crippen LogP contribution in [0.15, 0.2) is 18.6 Å². The van der Waals surface area contributed by atoms with Crippen LogP contribution in [0.5, 0.6) is 0 Å². The SMILES string of the molecule is CCCNC(CC1CCOC1)c1cnccn1. The molecule has 1 aromatic heterocycles. The highest BCUT2D eigenvalue weighted by Gasteiger charge is 2.22. The molecule has 1 aliphatic heterocycles. The summed E-state index contributed by atoms with van der Waals surface area (Å²) in [6.45, 7) is 5.00. The molecule has 1 fully saturated rings. The Kier molecular flexibility index (Phi) is 4.88. The molecule has 0 radical (unpaired) electrons. The Labute approximate surface area is 103 Å². The van der Waals surface area contributed by atoms with Gasteiger partial charge in [0.15, 0.2) is 0 Å². The first kappa shape index (κ1) is 12.5. The summed E-state index contributed by atoms with van der Waals surface area (Å²) in [5.74, 6) is 0.659. The topological polar surface area (TPSA) is 47.0 Å². The lowest BCUT2D eigenvalue weighted by Crippen LogP contribution is -2.25. The van der Waals surface area contributed by atoms with Crippen molar-refractivity contribution in [2.45, 2.75) is 32.2 Å². The van der Waals surface area contributed by atoms with Crippen LogP contribution in [0.1, 0.15) is 37.9 Å². The summed E-state index contributed by atoms with van der Waals surface area (Å²) in [5, 5.41) is 3.55. The molecule has 2 rings (SSSR count). The number of nitrogens with one attached hydrogen (secondary N) is 1. The highest BCUT2D eigenvalue weighted by molar-refractivity contribution is 5.02. The summed E-state index contributed by atoms with van der Waals surface area (Å²) in [6, 6.07) is 0.315. The first-order valence-electron chi connectivity index (χ1n) is 6.47. The van der Waals surface area contributed by atoms with Crippen molar-refractivity contribution >= 4 is 0 Å². The van der Waals surface area contributed by atoms with Crippen molar-refractivity contribution in [3.05, 3.63) is 24.3 Å². The van der Waals surface area contributed by atoms with E-state index in [0.29, 0.717) is 12.0 Å². The number of nitrogens with zero attached hydrogens (tertiary/aromatic N) is 2. The van der Waals surface area contributed by atoms with E-state index in [9.17, 15) is 0 Å². The standard InChI is InChI=1S/C13H21N3O/c1-2-4-15-12(8-11-3-7-17-10-11)13-9-14-5-6-16-13/h5-6,9,11-12,15H,2-4,7-8,10H2,1H3. The highest BCUT2D eigenvalue weighted by Crippen LogP contribution is 2.25. The van der Waals surface area contributed by atoms with Crippen LogP contribution in [-0.4, -0.2) is 29.7 Å². The number of hydrogen-bond donors (Lipinski definition) is 1. The number of hydrogen-bond acceptors (Lipinski definition) is 4. The first-order chi connectivity index (χ1) is 8.40. The van der Waals surface area contributed by atoms with E-state index in [-0.39, 0.29) is 0 Å². The molecule has 4 nitrogen and oxygen atoms in total. The lowest BCUT2D eigenvalue weighted by atomic mass is 9.97. The summed E-state index contributed by atoms with van der Waals surface area (Å²) in [4.78, 5) is 8.56. The van der Waals surface area contributed by atoms with Gasteiger partial charge in [0, 0.05) is 31.8 Å². The Morgan fingerprint density at radius 2 is 2.47 bits per heavy atom. The monoisotopic (exact) mass is 235 g/mol. The Bertz CT molecular complexity index is 312. The minimum Gasteiger partial charge on any atom is -0.381 e. The maximum absolute atomic E-state index is 5.43. The number of aromatic nitrogens is 2. The molecule has 2 heterocycles. The molecule has 94 valence electrons. The molecule has 1 saturated heterocycles. The molecule has 1 N–H and O–H groups in total. The van der Waals surface area contributed by atoms with Crippen molar-refractivity contribution in [2.75, 3.05) is 19.8 Å². The van der Waals surface area contributed by atoms with Crippen LogP contribution in [0, 0.1) is 5.92 Å². The van der Waals surface area contributed by atoms with Gasteiger partial charge in [-0.2, -0.15) is 0 Å². The summed E-state index contributed by atoms with van der Waals surface area (Å²) >= 11 is 0. The minimum absolute atomic E-state index is 0.315. The number of ether oxygens (including phenoxy) is 1. The van der Waals surface area contributed by atoms with Gasteiger partial charge in [-0.1, -0.05) is 6.92 Å². The van der Waals surface area contributed by atoms with Gasteiger partial charge in [0.05, 0.1) is 11.7 Å². The van der Waals surface area contributed by atoms with E-state index in [1.54, 1.807) is 12.4 Å². The third kappa shape index (κ3) is 3.75. The fraction of sp³-hybridized carbons (Fsp3) is 0.692. The van der Waals surface area contributed by atoms with E-state index < -0.39 is 0 Å². The molecule has 1 aliphatic rings. The second-order valence-corrected chi connectivity index (χ2v) is 4.60. The van der Waals surface area contributed by atoms with Crippen LogP contribution >= 0.6 is 0 Å². The number of rotatable bonds is 6. The maximum Gasteiger partial charge on any atom is 0.0756 e. The van der Waals surface area contributed by atoms with Gasteiger partial charge in [0.25, 0.3) is 0 Å². The first-order valence-corrected chi connectivity index (χ1v) is 6.47. The van der Waals surface area contributed by atoms with Crippen LogP contribution in [0.4, 0.5) is 0 Å². The van der Waals surface area contributed by atoms with Crippen molar-refractivity contribution in [3.8, 4) is 0 Å². The van der Waals surface area contributed by atoms with Crippen LogP contribution < -0.4 is 5.32 Å². The van der Waals surface area contributed by atoms with Gasteiger partial charge in [0.1, 0.15) is 0 Å². The smallest absolute Gasteiger partial charge is 0.0756 e. The van der Waals surface area contributed by atoms with Crippen molar-refractivity contribution in [1.82, 2.24) is 15.3 Å². The molecule has 0 spiro atoms. The molecular weight excluding hydrogens is 214 g/mol. The van der Waals surface area contributed by atoms with Crippen molar-refractivity contribution in [1.29, 1.82) is 0 Å². The molecule has 0 aliphatic carbocycles. The molecule has 4 heteroatoms. The highest BCUT2D eigenvalue weighted by atomic mass is 16.5. The molecule has 2 unspecified atom stereocenters. The zero-order valence-electron chi connectivity index (χ0n) is 10.4.